The van der Waals surface area contributed by atoms with Crippen molar-refractivity contribution < 1.29 is 8.78 Å². The molecule has 2 nitrogen and oxygen atoms in total. The molecule has 0 spiro atoms. The number of rotatable bonds is 3. The van der Waals surface area contributed by atoms with Crippen LogP contribution in [0.5, 0.6) is 0 Å². The van der Waals surface area contributed by atoms with Gasteiger partial charge in [-0.15, -0.1) is 0 Å². The number of hydrogen-bond acceptors (Lipinski definition) is 1. The summed E-state index contributed by atoms with van der Waals surface area (Å²) < 4.78 is 25.3. The van der Waals surface area contributed by atoms with Crippen LogP contribution in [-0.4, -0.2) is 4.57 Å². The van der Waals surface area contributed by atoms with Crippen LogP contribution in [0.3, 0.4) is 0 Å². The van der Waals surface area contributed by atoms with Gasteiger partial charge in [-0.2, -0.15) is 8.78 Å². The highest BCUT2D eigenvalue weighted by molar-refractivity contribution is 5.17. The second kappa shape index (κ2) is 3.10. The largest absolute Gasteiger partial charge is 0.324 e. The summed E-state index contributed by atoms with van der Waals surface area (Å²) in [5.41, 5.74) is 6.68. The number of nitrogens with two attached hydrogens (primary N) is 1. The van der Waals surface area contributed by atoms with Crippen LogP contribution in [0, 0.1) is 5.92 Å². The molecule has 0 aromatic carbocycles. The maximum absolute atomic E-state index is 12.2. The molecule has 2 rings (SSSR count). The molecule has 1 saturated carbocycles. The Kier molecular flexibility index (Phi) is 2.07. The Bertz CT molecular complexity index is 292. The van der Waals surface area contributed by atoms with Crippen molar-refractivity contribution in [2.75, 3.05) is 0 Å². The van der Waals surface area contributed by atoms with Gasteiger partial charge in [-0.25, -0.2) is 0 Å². The highest BCUT2D eigenvalue weighted by Gasteiger charge is 2.30. The molecule has 1 atom stereocenters. The van der Waals surface area contributed by atoms with Gasteiger partial charge in [0.25, 0.3) is 0 Å². The van der Waals surface area contributed by atoms with Crippen molar-refractivity contribution in [2.24, 2.45) is 11.7 Å². The fourth-order valence-electron chi connectivity index (χ4n) is 1.48. The normalized spacial score (nSPS) is 19.4. The zero-order valence-electron chi connectivity index (χ0n) is 7.16. The second-order valence-electron chi connectivity index (χ2n) is 3.53. The molecule has 0 radical (unpaired) electrons. The minimum absolute atomic E-state index is 0.0556. The van der Waals surface area contributed by atoms with Crippen molar-refractivity contribution in [2.45, 2.75) is 25.4 Å². The molecule has 0 aliphatic heterocycles. The molecule has 4 heteroatoms. The van der Waals surface area contributed by atoms with E-state index in [4.69, 9.17) is 5.73 Å². The minimum Gasteiger partial charge on any atom is -0.324 e. The third-order valence-electron chi connectivity index (χ3n) is 2.48. The highest BCUT2D eigenvalue weighted by Crippen LogP contribution is 2.39. The molecular formula is C9H12F2N2. The van der Waals surface area contributed by atoms with Crippen molar-refractivity contribution in [1.29, 1.82) is 0 Å². The van der Waals surface area contributed by atoms with Gasteiger partial charge in [0.15, 0.2) is 0 Å². The average Bonchev–Trinajstić information content (AvgIpc) is 2.81. The molecule has 13 heavy (non-hydrogen) atoms. The Morgan fingerprint density at radius 1 is 1.46 bits per heavy atom. The Labute approximate surface area is 75.3 Å². The minimum atomic E-state index is -2.46. The van der Waals surface area contributed by atoms with Gasteiger partial charge in [0, 0.05) is 18.4 Å². The van der Waals surface area contributed by atoms with Gasteiger partial charge < -0.3 is 5.73 Å². The van der Waals surface area contributed by atoms with Crippen molar-refractivity contribution in [3.05, 3.63) is 24.0 Å². The molecule has 2 N–H and O–H groups in total. The van der Waals surface area contributed by atoms with Crippen LogP contribution in [-0.2, 0) is 0 Å². The van der Waals surface area contributed by atoms with Crippen molar-refractivity contribution in [3.63, 3.8) is 0 Å². The van der Waals surface area contributed by atoms with E-state index in [1.165, 1.54) is 12.4 Å². The molecule has 1 unspecified atom stereocenters. The van der Waals surface area contributed by atoms with E-state index >= 15 is 0 Å². The maximum atomic E-state index is 12.2. The van der Waals surface area contributed by atoms with Gasteiger partial charge in [-0.3, -0.25) is 4.57 Å². The first kappa shape index (κ1) is 8.69. The van der Waals surface area contributed by atoms with Crippen LogP contribution < -0.4 is 5.73 Å². The number of aromatic nitrogens is 1. The van der Waals surface area contributed by atoms with Gasteiger partial charge in [-0.1, -0.05) is 0 Å². The van der Waals surface area contributed by atoms with Crippen molar-refractivity contribution in [1.82, 2.24) is 4.57 Å². The predicted octanol–water partition coefficient (Wildman–Crippen LogP) is 2.29. The molecule has 1 heterocycles. The fraction of sp³-hybridized carbons (Fsp3) is 0.556. The Morgan fingerprint density at radius 2 is 2.15 bits per heavy atom. The smallest absolute Gasteiger partial charge is 0.318 e. The quantitative estimate of drug-likeness (QED) is 0.771. The molecule has 1 fully saturated rings. The zero-order valence-corrected chi connectivity index (χ0v) is 7.16. The predicted molar refractivity (Wildman–Crippen MR) is 45.3 cm³/mol. The van der Waals surface area contributed by atoms with Crippen LogP contribution >= 0.6 is 0 Å². The third kappa shape index (κ3) is 1.72. The van der Waals surface area contributed by atoms with Gasteiger partial charge in [0.1, 0.15) is 0 Å². The average molecular weight is 186 g/mol. The Hall–Kier alpha value is -0.900. The molecule has 1 aromatic rings. The second-order valence-corrected chi connectivity index (χ2v) is 3.53. The van der Waals surface area contributed by atoms with E-state index < -0.39 is 6.55 Å². The summed E-state index contributed by atoms with van der Waals surface area (Å²) in [4.78, 5) is 0. The fourth-order valence-corrected chi connectivity index (χ4v) is 1.48. The van der Waals surface area contributed by atoms with Crippen molar-refractivity contribution >= 4 is 0 Å². The molecule has 0 saturated heterocycles. The highest BCUT2D eigenvalue weighted by atomic mass is 19.3. The molecule has 0 amide bonds. The van der Waals surface area contributed by atoms with Crippen molar-refractivity contribution in [3.8, 4) is 0 Å². The number of alkyl halides is 2. The lowest BCUT2D eigenvalue weighted by atomic mass is 10.1. The van der Waals surface area contributed by atoms with E-state index in [0.717, 1.165) is 23.0 Å². The van der Waals surface area contributed by atoms with E-state index in [1.807, 2.05) is 0 Å². The summed E-state index contributed by atoms with van der Waals surface area (Å²) >= 11 is 0. The van der Waals surface area contributed by atoms with E-state index in [2.05, 4.69) is 0 Å². The van der Waals surface area contributed by atoms with Gasteiger partial charge in [-0.05, 0) is 30.4 Å². The molecular weight excluding hydrogens is 174 g/mol. The monoisotopic (exact) mass is 186 g/mol. The van der Waals surface area contributed by atoms with E-state index in [0.29, 0.717) is 5.92 Å². The van der Waals surface area contributed by atoms with Gasteiger partial charge in [0.05, 0.1) is 0 Å². The van der Waals surface area contributed by atoms with E-state index in [1.54, 1.807) is 6.07 Å². The first-order chi connectivity index (χ1) is 6.18. The zero-order chi connectivity index (χ0) is 9.42. The van der Waals surface area contributed by atoms with Gasteiger partial charge >= 0.3 is 6.55 Å². The summed E-state index contributed by atoms with van der Waals surface area (Å²) in [5, 5.41) is 0. The van der Waals surface area contributed by atoms with Gasteiger partial charge in [0.2, 0.25) is 0 Å². The summed E-state index contributed by atoms with van der Waals surface area (Å²) in [5.74, 6) is 0.508. The number of nitrogens with zero attached hydrogens (tertiary/aromatic N) is 1. The molecule has 1 aromatic heterocycles. The van der Waals surface area contributed by atoms with Crippen LogP contribution in [0.4, 0.5) is 8.78 Å². The summed E-state index contributed by atoms with van der Waals surface area (Å²) in [6.07, 6.45) is 5.07. The Morgan fingerprint density at radius 3 is 2.62 bits per heavy atom. The number of hydrogen-bond donors (Lipinski definition) is 1. The molecule has 1 aliphatic rings. The lowest BCUT2D eigenvalue weighted by molar-refractivity contribution is 0.0705. The van der Waals surface area contributed by atoms with Crippen LogP contribution in [0.2, 0.25) is 0 Å². The first-order valence-corrected chi connectivity index (χ1v) is 4.39. The van der Waals surface area contributed by atoms with E-state index in [9.17, 15) is 8.78 Å². The molecule has 1 aliphatic carbocycles. The summed E-state index contributed by atoms with van der Waals surface area (Å²) in [7, 11) is 0. The molecule has 0 bridgehead atoms. The topological polar surface area (TPSA) is 30.9 Å². The number of halogens is 2. The Balaban J connectivity index is 2.11. The first-order valence-electron chi connectivity index (χ1n) is 4.39. The maximum Gasteiger partial charge on any atom is 0.318 e. The summed E-state index contributed by atoms with van der Waals surface area (Å²) in [6, 6.07) is 1.62. The lowest BCUT2D eigenvalue weighted by Gasteiger charge is -2.06. The molecule has 72 valence electrons. The SMILES string of the molecule is NC(c1ccn(C(F)F)c1)C1CC1. The lowest BCUT2D eigenvalue weighted by Crippen LogP contribution is -2.11. The third-order valence-corrected chi connectivity index (χ3v) is 2.48. The summed E-state index contributed by atoms with van der Waals surface area (Å²) in [6.45, 7) is -2.46. The van der Waals surface area contributed by atoms with E-state index in [-0.39, 0.29) is 6.04 Å². The standard InChI is InChI=1S/C9H12F2N2/c10-9(11)13-4-3-7(5-13)8(12)6-1-2-6/h3-6,8-9H,1-2,12H2. The van der Waals surface area contributed by atoms with Crippen LogP contribution in [0.1, 0.15) is 31.0 Å². The van der Waals surface area contributed by atoms with Crippen LogP contribution in [0.25, 0.3) is 0 Å². The van der Waals surface area contributed by atoms with Crippen LogP contribution in [0.15, 0.2) is 18.5 Å².